The number of rotatable bonds is 4. The Balaban J connectivity index is 1.64. The molecule has 1 heterocycles. The molecule has 0 unspecified atom stereocenters. The first-order chi connectivity index (χ1) is 14.6. The van der Waals surface area contributed by atoms with Crippen molar-refractivity contribution >= 4 is 40.3 Å². The Morgan fingerprint density at radius 3 is 1.80 bits per heavy atom. The fraction of sp³-hybridized carbons (Fsp3) is 0.111. The van der Waals surface area contributed by atoms with Crippen molar-refractivity contribution in [2.75, 3.05) is 0 Å². The molecule has 0 saturated heterocycles. The number of hydrogen-bond acceptors (Lipinski definition) is 1. The largest absolute Gasteiger partial charge is 0.392 e. The minimum absolute atomic E-state index is 0.0893. The summed E-state index contributed by atoms with van der Waals surface area (Å²) in [6, 6.07) is 34.5. The Kier molecular flexibility index (Phi) is 4.57. The van der Waals surface area contributed by atoms with Gasteiger partial charge in [0.1, 0.15) is 8.07 Å². The molecule has 0 radical (unpaired) electrons. The van der Waals surface area contributed by atoms with E-state index >= 15 is 0 Å². The van der Waals surface area contributed by atoms with Crippen molar-refractivity contribution in [2.24, 2.45) is 0 Å². The summed E-state index contributed by atoms with van der Waals surface area (Å²) in [4.78, 5) is 0. The van der Waals surface area contributed by atoms with Crippen LogP contribution in [0.4, 0.5) is 0 Å². The number of fused-ring (bicyclic) bond motifs is 3. The van der Waals surface area contributed by atoms with E-state index in [4.69, 9.17) is 0 Å². The summed E-state index contributed by atoms with van der Waals surface area (Å²) in [6.07, 6.45) is 0. The maximum Gasteiger partial charge on any atom is 0.112 e. The predicted octanol–water partition coefficient (Wildman–Crippen LogP) is 5.10. The first kappa shape index (κ1) is 18.9. The lowest BCUT2D eigenvalue weighted by atomic mass is 10.2. The van der Waals surface area contributed by atoms with Gasteiger partial charge in [0, 0.05) is 16.5 Å². The van der Waals surface area contributed by atoms with Crippen molar-refractivity contribution in [2.45, 2.75) is 19.7 Å². The smallest absolute Gasteiger partial charge is 0.112 e. The molecular formula is C27H25NOSi. The summed E-state index contributed by atoms with van der Waals surface area (Å²) < 4.78 is 2.35. The Hall–Kier alpha value is -3.14. The van der Waals surface area contributed by atoms with Gasteiger partial charge in [-0.1, -0.05) is 91.1 Å². The van der Waals surface area contributed by atoms with Gasteiger partial charge in [-0.05, 0) is 35.0 Å². The third-order valence-electron chi connectivity index (χ3n) is 6.29. The van der Waals surface area contributed by atoms with Crippen LogP contribution in [-0.2, 0) is 6.61 Å². The monoisotopic (exact) mass is 407 g/mol. The van der Waals surface area contributed by atoms with Gasteiger partial charge in [-0.2, -0.15) is 0 Å². The average Bonchev–Trinajstić information content (AvgIpc) is 3.13. The second-order valence-corrected chi connectivity index (χ2v) is 12.7. The maximum atomic E-state index is 9.82. The van der Waals surface area contributed by atoms with Crippen LogP contribution in [0.1, 0.15) is 5.56 Å². The fourth-order valence-electron chi connectivity index (χ4n) is 4.65. The summed E-state index contributed by atoms with van der Waals surface area (Å²) in [5, 5.41) is 15.1. The molecule has 5 aromatic rings. The lowest BCUT2D eigenvalue weighted by molar-refractivity contribution is 0.283. The van der Waals surface area contributed by atoms with Crippen LogP contribution in [0.3, 0.4) is 0 Å². The van der Waals surface area contributed by atoms with Gasteiger partial charge >= 0.3 is 0 Å². The molecule has 1 aromatic heterocycles. The van der Waals surface area contributed by atoms with Crippen molar-refractivity contribution < 1.29 is 5.11 Å². The molecule has 0 spiro atoms. The van der Waals surface area contributed by atoms with Crippen molar-refractivity contribution in [1.82, 2.24) is 4.57 Å². The standard InChI is InChI=1S/C27H25NOSi/c1-30(2,27-14-8-3-9-20(27)19-29)22-17-15-21(16-18-22)28-25-12-6-4-10-23(25)24-11-5-7-13-26(24)28/h3-18,29H,19H2,1-2H3. The van der Waals surface area contributed by atoms with Crippen molar-refractivity contribution in [3.63, 3.8) is 0 Å². The zero-order valence-corrected chi connectivity index (χ0v) is 18.3. The normalized spacial score (nSPS) is 12.0. The first-order valence-electron chi connectivity index (χ1n) is 10.4. The molecule has 5 rings (SSSR count). The number of benzene rings is 4. The van der Waals surface area contributed by atoms with Gasteiger partial charge in [-0.25, -0.2) is 0 Å². The SMILES string of the molecule is C[Si](C)(c1ccc(-n2c3ccccc3c3ccccc32)cc1)c1ccccc1CO. The van der Waals surface area contributed by atoms with E-state index in [2.05, 4.69) is 103 Å². The van der Waals surface area contributed by atoms with E-state index in [1.54, 1.807) is 0 Å². The van der Waals surface area contributed by atoms with Crippen LogP contribution in [0, 0.1) is 0 Å². The third-order valence-corrected chi connectivity index (χ3v) is 9.90. The molecule has 148 valence electrons. The number of hydrogen-bond donors (Lipinski definition) is 1. The van der Waals surface area contributed by atoms with Crippen LogP contribution in [-0.4, -0.2) is 17.7 Å². The highest BCUT2D eigenvalue weighted by Gasteiger charge is 2.28. The van der Waals surface area contributed by atoms with Crippen molar-refractivity contribution in [3.8, 4) is 5.69 Å². The van der Waals surface area contributed by atoms with E-state index in [1.807, 2.05) is 12.1 Å². The van der Waals surface area contributed by atoms with Crippen molar-refractivity contribution in [3.05, 3.63) is 103 Å². The van der Waals surface area contributed by atoms with E-state index in [-0.39, 0.29) is 6.61 Å². The third kappa shape index (κ3) is 2.90. The molecule has 0 aliphatic carbocycles. The number of nitrogens with zero attached hydrogens (tertiary/aromatic N) is 1. The molecule has 2 nitrogen and oxygen atoms in total. The van der Waals surface area contributed by atoms with Gasteiger partial charge in [0.15, 0.2) is 0 Å². The molecule has 0 fully saturated rings. The van der Waals surface area contributed by atoms with Crippen LogP contribution in [0.15, 0.2) is 97.1 Å². The van der Waals surface area contributed by atoms with Gasteiger partial charge in [-0.15, -0.1) is 0 Å². The van der Waals surface area contributed by atoms with Crippen molar-refractivity contribution in [1.29, 1.82) is 0 Å². The number of para-hydroxylation sites is 2. The summed E-state index contributed by atoms with van der Waals surface area (Å²) >= 11 is 0. The van der Waals surface area contributed by atoms with E-state index in [1.165, 1.54) is 37.9 Å². The topological polar surface area (TPSA) is 25.2 Å². The predicted molar refractivity (Wildman–Crippen MR) is 130 cm³/mol. The summed E-state index contributed by atoms with van der Waals surface area (Å²) in [6.45, 7) is 4.81. The van der Waals surface area contributed by atoms with Crippen LogP contribution < -0.4 is 10.4 Å². The second kappa shape index (κ2) is 7.28. The Morgan fingerprint density at radius 1 is 0.667 bits per heavy atom. The highest BCUT2D eigenvalue weighted by atomic mass is 28.3. The van der Waals surface area contributed by atoms with Gasteiger partial charge in [0.25, 0.3) is 0 Å². The van der Waals surface area contributed by atoms with Gasteiger partial charge in [0.05, 0.1) is 17.6 Å². The van der Waals surface area contributed by atoms with Gasteiger partial charge < -0.3 is 9.67 Å². The first-order valence-corrected chi connectivity index (χ1v) is 13.4. The molecule has 0 amide bonds. The number of aromatic nitrogens is 1. The van der Waals surface area contributed by atoms with Crippen LogP contribution >= 0.6 is 0 Å². The molecular weight excluding hydrogens is 382 g/mol. The summed E-state index contributed by atoms with van der Waals surface area (Å²) in [5.41, 5.74) is 4.68. The lowest BCUT2D eigenvalue weighted by Crippen LogP contribution is -2.54. The van der Waals surface area contributed by atoms with Crippen LogP contribution in [0.25, 0.3) is 27.5 Å². The molecule has 3 heteroatoms. The average molecular weight is 408 g/mol. The maximum absolute atomic E-state index is 9.82. The Bertz CT molecular complexity index is 1300. The minimum Gasteiger partial charge on any atom is -0.392 e. The molecule has 0 bridgehead atoms. The molecule has 0 aliphatic rings. The van der Waals surface area contributed by atoms with Gasteiger partial charge in [-0.3, -0.25) is 0 Å². The summed E-state index contributed by atoms with van der Waals surface area (Å²) in [5.74, 6) is 0. The van der Waals surface area contributed by atoms with E-state index < -0.39 is 8.07 Å². The van der Waals surface area contributed by atoms with Crippen LogP contribution in [0.5, 0.6) is 0 Å². The summed E-state index contributed by atoms with van der Waals surface area (Å²) in [7, 11) is -1.91. The number of aliphatic hydroxyl groups excluding tert-OH is 1. The molecule has 1 N–H and O–H groups in total. The van der Waals surface area contributed by atoms with E-state index in [9.17, 15) is 5.11 Å². The fourth-order valence-corrected chi connectivity index (χ4v) is 7.44. The zero-order valence-electron chi connectivity index (χ0n) is 17.3. The Labute approximate surface area is 178 Å². The van der Waals surface area contributed by atoms with E-state index in [0.717, 1.165) is 5.56 Å². The molecule has 0 aliphatic heterocycles. The van der Waals surface area contributed by atoms with Crippen LogP contribution in [0.2, 0.25) is 13.1 Å². The molecule has 30 heavy (non-hydrogen) atoms. The second-order valence-electron chi connectivity index (χ2n) is 8.36. The molecule has 0 atom stereocenters. The molecule has 0 saturated carbocycles. The Morgan fingerprint density at radius 2 is 1.20 bits per heavy atom. The minimum atomic E-state index is -1.91. The lowest BCUT2D eigenvalue weighted by Gasteiger charge is -2.26. The van der Waals surface area contributed by atoms with Gasteiger partial charge in [0.2, 0.25) is 0 Å². The zero-order chi connectivity index (χ0) is 20.7. The highest BCUT2D eigenvalue weighted by molar-refractivity contribution is 7.00. The highest BCUT2D eigenvalue weighted by Crippen LogP contribution is 2.31. The molecule has 4 aromatic carbocycles. The number of aliphatic hydroxyl groups is 1. The van der Waals surface area contributed by atoms with E-state index in [0.29, 0.717) is 0 Å². The quantitative estimate of drug-likeness (QED) is 0.412.